The molecule has 34 heavy (non-hydrogen) atoms. The fourth-order valence-corrected chi connectivity index (χ4v) is 2.68. The number of hydrogen-bond acceptors (Lipinski definition) is 0. The smallest absolute Gasteiger partial charge is 0.203 e. The number of halogens is 18. The zero-order chi connectivity index (χ0) is 26.9. The molecular weight excluding hydrogens is 534 g/mol. The highest BCUT2D eigenvalue weighted by Gasteiger charge is 2.65. The van der Waals surface area contributed by atoms with Crippen LogP contribution in [0, 0.1) is 46.5 Å². The second kappa shape index (κ2) is 7.86. The van der Waals surface area contributed by atoms with Gasteiger partial charge in [-0.05, 0) is 0 Å². The van der Waals surface area contributed by atoms with Gasteiger partial charge in [-0.15, -0.1) is 0 Å². The van der Waals surface area contributed by atoms with E-state index in [1.54, 1.807) is 0 Å². The second-order valence-electron chi connectivity index (χ2n) is 6.16. The Morgan fingerprint density at radius 1 is 0.324 bits per heavy atom. The van der Waals surface area contributed by atoms with Crippen molar-refractivity contribution >= 4 is 0 Å². The van der Waals surface area contributed by atoms with Crippen molar-refractivity contribution in [2.45, 2.75) is 24.2 Å². The van der Waals surface area contributed by atoms with E-state index in [-0.39, 0.29) is 0 Å². The van der Waals surface area contributed by atoms with Crippen molar-refractivity contribution < 1.29 is 79.0 Å². The predicted molar refractivity (Wildman–Crippen MR) is 70.5 cm³/mol. The molecule has 2 aromatic rings. The molecular formula is C16F18. The molecule has 0 saturated carbocycles. The first-order valence-electron chi connectivity index (χ1n) is 7.65. The summed E-state index contributed by atoms with van der Waals surface area (Å²) in [6.07, 6.45) is -14.0. The Morgan fingerprint density at radius 2 is 0.588 bits per heavy atom. The lowest BCUT2D eigenvalue weighted by Crippen LogP contribution is -2.39. The van der Waals surface area contributed by atoms with E-state index in [9.17, 15) is 79.0 Å². The average molecular weight is 534 g/mol. The SMILES string of the molecule is Fc1c(F)c(F)c(C(F)(F)c2c(F)c(F)c(F)c(F)c2C(F)(F)C(F)(F)F)c(C(F)(F)F)c1F. The van der Waals surface area contributed by atoms with Gasteiger partial charge in [-0.2, -0.15) is 43.9 Å². The average Bonchev–Trinajstić information content (AvgIpc) is 2.67. The number of benzene rings is 2. The standard InChI is InChI=1S/C16F18/c17-5-1(3(7(19)11(23)9(5)21)14(27,28)16(32,33)34)13(25,26)2-4(15(29,30)31)8(20)12(24)10(22)6(2)18. The number of alkyl halides is 10. The molecule has 0 aliphatic carbocycles. The second-order valence-corrected chi connectivity index (χ2v) is 6.16. The Kier molecular flexibility index (Phi) is 6.34. The maximum atomic E-state index is 14.8. The number of rotatable bonds is 3. The summed E-state index contributed by atoms with van der Waals surface area (Å²) in [7, 11) is 0. The topological polar surface area (TPSA) is 0 Å². The molecule has 0 spiro atoms. The number of hydrogen-bond donors (Lipinski definition) is 0. The van der Waals surface area contributed by atoms with E-state index in [1.807, 2.05) is 0 Å². The van der Waals surface area contributed by atoms with Crippen LogP contribution in [0.2, 0.25) is 0 Å². The van der Waals surface area contributed by atoms with Crippen LogP contribution in [0.4, 0.5) is 79.0 Å². The van der Waals surface area contributed by atoms with Crippen LogP contribution in [-0.4, -0.2) is 6.18 Å². The fourth-order valence-electron chi connectivity index (χ4n) is 2.68. The molecule has 0 radical (unpaired) electrons. The van der Waals surface area contributed by atoms with Crippen LogP contribution in [0.25, 0.3) is 0 Å². The summed E-state index contributed by atoms with van der Waals surface area (Å²) in [5.41, 5.74) is -16.2. The Morgan fingerprint density at radius 3 is 0.882 bits per heavy atom. The van der Waals surface area contributed by atoms with Crippen molar-refractivity contribution in [1.29, 1.82) is 0 Å². The maximum absolute atomic E-state index is 14.8. The molecule has 0 unspecified atom stereocenters. The molecule has 0 heterocycles. The third kappa shape index (κ3) is 3.79. The van der Waals surface area contributed by atoms with E-state index in [4.69, 9.17) is 0 Å². The van der Waals surface area contributed by atoms with Gasteiger partial charge in [0.05, 0.1) is 16.7 Å². The minimum Gasteiger partial charge on any atom is -0.203 e. The molecule has 0 nitrogen and oxygen atoms in total. The van der Waals surface area contributed by atoms with Gasteiger partial charge in [0.25, 0.3) is 0 Å². The lowest BCUT2D eigenvalue weighted by Gasteiger charge is -2.29. The fraction of sp³-hybridized carbons (Fsp3) is 0.250. The first-order valence-corrected chi connectivity index (χ1v) is 7.65. The zero-order valence-corrected chi connectivity index (χ0v) is 14.8. The van der Waals surface area contributed by atoms with Gasteiger partial charge in [0, 0.05) is 0 Å². The van der Waals surface area contributed by atoms with E-state index in [0.29, 0.717) is 0 Å². The molecule has 190 valence electrons. The molecule has 0 bridgehead atoms. The van der Waals surface area contributed by atoms with E-state index >= 15 is 0 Å². The summed E-state index contributed by atoms with van der Waals surface area (Å²) < 4.78 is 243. The maximum Gasteiger partial charge on any atom is 0.458 e. The van der Waals surface area contributed by atoms with Crippen molar-refractivity contribution in [3.8, 4) is 0 Å². The lowest BCUT2D eigenvalue weighted by atomic mass is 9.87. The van der Waals surface area contributed by atoms with Crippen molar-refractivity contribution in [2.75, 3.05) is 0 Å². The Labute approximate surface area is 173 Å². The molecule has 0 aromatic heterocycles. The normalized spacial score (nSPS) is 13.6. The van der Waals surface area contributed by atoms with E-state index in [2.05, 4.69) is 0 Å². The predicted octanol–water partition coefficient (Wildman–Crippen LogP) is 7.61. The lowest BCUT2D eigenvalue weighted by molar-refractivity contribution is -0.291. The molecule has 0 aliphatic rings. The monoisotopic (exact) mass is 534 g/mol. The first kappa shape index (κ1) is 27.4. The van der Waals surface area contributed by atoms with E-state index in [0.717, 1.165) is 0 Å². The minimum absolute atomic E-state index is 3.44. The van der Waals surface area contributed by atoms with Gasteiger partial charge in [-0.25, -0.2) is 35.1 Å². The summed E-state index contributed by atoms with van der Waals surface area (Å²) in [6, 6.07) is 0. The van der Waals surface area contributed by atoms with Gasteiger partial charge in [0.2, 0.25) is 0 Å². The molecule has 2 rings (SSSR count). The van der Waals surface area contributed by atoms with Crippen molar-refractivity contribution in [2.24, 2.45) is 0 Å². The molecule has 18 heteroatoms. The van der Waals surface area contributed by atoms with Crippen LogP contribution >= 0.6 is 0 Å². The van der Waals surface area contributed by atoms with Crippen LogP contribution in [0.5, 0.6) is 0 Å². The van der Waals surface area contributed by atoms with Crippen LogP contribution in [0.1, 0.15) is 22.3 Å². The molecule has 0 amide bonds. The molecule has 0 atom stereocenters. The Hall–Kier alpha value is -2.82. The van der Waals surface area contributed by atoms with Crippen LogP contribution < -0.4 is 0 Å². The van der Waals surface area contributed by atoms with Crippen molar-refractivity contribution in [1.82, 2.24) is 0 Å². The van der Waals surface area contributed by atoms with Crippen molar-refractivity contribution in [3.05, 3.63) is 68.8 Å². The third-order valence-corrected chi connectivity index (χ3v) is 4.12. The van der Waals surface area contributed by atoms with E-state index in [1.165, 1.54) is 0 Å². The molecule has 0 saturated heterocycles. The van der Waals surface area contributed by atoms with E-state index < -0.39 is 93.0 Å². The van der Waals surface area contributed by atoms with Gasteiger partial charge in [-0.1, -0.05) is 0 Å². The molecule has 0 N–H and O–H groups in total. The Bertz CT molecular complexity index is 1150. The molecule has 2 aromatic carbocycles. The highest BCUT2D eigenvalue weighted by molar-refractivity contribution is 5.48. The first-order chi connectivity index (χ1) is 15.0. The summed E-state index contributed by atoms with van der Waals surface area (Å²) in [5, 5.41) is 0. The third-order valence-electron chi connectivity index (χ3n) is 4.12. The van der Waals surface area contributed by atoms with Gasteiger partial charge in [-0.3, -0.25) is 0 Å². The van der Waals surface area contributed by atoms with Gasteiger partial charge >= 0.3 is 24.2 Å². The van der Waals surface area contributed by atoms with Crippen LogP contribution in [0.15, 0.2) is 0 Å². The summed E-state index contributed by atoms with van der Waals surface area (Å²) >= 11 is 0. The summed E-state index contributed by atoms with van der Waals surface area (Å²) in [6.45, 7) is 0. The highest BCUT2D eigenvalue weighted by Crippen LogP contribution is 2.54. The zero-order valence-electron chi connectivity index (χ0n) is 14.8. The van der Waals surface area contributed by atoms with Crippen LogP contribution in [-0.2, 0) is 18.0 Å². The molecule has 0 fully saturated rings. The van der Waals surface area contributed by atoms with Gasteiger partial charge in [0.1, 0.15) is 5.56 Å². The van der Waals surface area contributed by atoms with Gasteiger partial charge < -0.3 is 0 Å². The highest BCUT2D eigenvalue weighted by atomic mass is 19.4. The largest absolute Gasteiger partial charge is 0.458 e. The summed E-state index contributed by atoms with van der Waals surface area (Å²) in [5.74, 6) is -43.6. The van der Waals surface area contributed by atoms with Gasteiger partial charge in [0.15, 0.2) is 46.5 Å². The minimum atomic E-state index is -7.25. The molecule has 0 aliphatic heterocycles. The van der Waals surface area contributed by atoms with Crippen molar-refractivity contribution in [3.63, 3.8) is 0 Å². The summed E-state index contributed by atoms with van der Waals surface area (Å²) in [4.78, 5) is 0. The van der Waals surface area contributed by atoms with Crippen LogP contribution in [0.3, 0.4) is 0 Å². The quantitative estimate of drug-likeness (QED) is 0.216. The Balaban J connectivity index is 3.26.